The number of hydrogen-bond acceptors (Lipinski definition) is 5. The average Bonchev–Trinajstić information content (AvgIpc) is 2.66. The molecule has 0 aliphatic heterocycles. The van der Waals surface area contributed by atoms with Gasteiger partial charge in [0.2, 0.25) is 5.91 Å². The first kappa shape index (κ1) is 19.6. The van der Waals surface area contributed by atoms with E-state index in [1.807, 2.05) is 62.4 Å². The van der Waals surface area contributed by atoms with Crippen molar-refractivity contribution in [3.63, 3.8) is 0 Å². The quantitative estimate of drug-likeness (QED) is 0.601. The lowest BCUT2D eigenvalue weighted by Gasteiger charge is -2.13. The molecule has 0 atom stereocenters. The summed E-state index contributed by atoms with van der Waals surface area (Å²) in [5, 5.41) is 5.95. The van der Waals surface area contributed by atoms with Crippen LogP contribution in [0.1, 0.15) is 13.8 Å². The third-order valence-electron chi connectivity index (χ3n) is 3.47. The van der Waals surface area contributed by atoms with Gasteiger partial charge in [0.05, 0.1) is 25.4 Å². The van der Waals surface area contributed by atoms with Crippen LogP contribution in [0.2, 0.25) is 0 Å². The van der Waals surface area contributed by atoms with Gasteiger partial charge in [0, 0.05) is 12.3 Å². The van der Waals surface area contributed by atoms with Crippen LogP contribution in [0.3, 0.4) is 0 Å². The molecule has 0 bridgehead atoms. The molecule has 140 valence electrons. The fourth-order valence-electron chi connectivity index (χ4n) is 2.26. The smallest absolute Gasteiger partial charge is 0.243 e. The molecule has 2 aromatic carbocycles. The number of benzene rings is 2. The molecule has 0 fully saturated rings. The molecule has 26 heavy (non-hydrogen) atoms. The van der Waals surface area contributed by atoms with E-state index in [-0.39, 0.29) is 12.5 Å². The van der Waals surface area contributed by atoms with Gasteiger partial charge in [-0.1, -0.05) is 12.1 Å². The number of nitrogens with one attached hydrogen (secondary N) is 2. The molecule has 0 aliphatic carbocycles. The van der Waals surface area contributed by atoms with Crippen LogP contribution in [0, 0.1) is 0 Å². The van der Waals surface area contributed by atoms with Gasteiger partial charge in [-0.05, 0) is 50.2 Å². The van der Waals surface area contributed by atoms with E-state index in [9.17, 15) is 4.79 Å². The van der Waals surface area contributed by atoms with Gasteiger partial charge in [-0.2, -0.15) is 0 Å². The Morgan fingerprint density at radius 2 is 1.69 bits per heavy atom. The van der Waals surface area contributed by atoms with E-state index in [1.165, 1.54) is 0 Å². The molecular formula is C20H26N2O4. The van der Waals surface area contributed by atoms with Crippen molar-refractivity contribution in [2.24, 2.45) is 0 Å². The maximum atomic E-state index is 12.2. The van der Waals surface area contributed by atoms with Crippen LogP contribution < -0.4 is 20.1 Å². The maximum absolute atomic E-state index is 12.2. The van der Waals surface area contributed by atoms with Crippen LogP contribution in [0.25, 0.3) is 0 Å². The second kappa shape index (κ2) is 11.0. The summed E-state index contributed by atoms with van der Waals surface area (Å²) in [6.45, 7) is 6.26. The minimum absolute atomic E-state index is 0.153. The Bertz CT molecular complexity index is 674. The van der Waals surface area contributed by atoms with Crippen molar-refractivity contribution in [1.29, 1.82) is 0 Å². The number of carbonyl (C=O) groups excluding carboxylic acids is 1. The molecule has 0 saturated carbocycles. The zero-order valence-corrected chi connectivity index (χ0v) is 15.3. The highest BCUT2D eigenvalue weighted by Gasteiger charge is 2.07. The molecule has 2 rings (SSSR count). The highest BCUT2D eigenvalue weighted by atomic mass is 16.5. The zero-order valence-electron chi connectivity index (χ0n) is 15.3. The van der Waals surface area contributed by atoms with Gasteiger partial charge < -0.3 is 24.8 Å². The SMILES string of the molecule is CCOCCOc1ccccc1NC(=O)CNc1ccc(OCC)cc1. The number of para-hydroxylation sites is 2. The molecule has 6 heteroatoms. The van der Waals surface area contributed by atoms with E-state index in [1.54, 1.807) is 0 Å². The molecule has 0 heterocycles. The van der Waals surface area contributed by atoms with Crippen LogP contribution in [0.15, 0.2) is 48.5 Å². The summed E-state index contributed by atoms with van der Waals surface area (Å²) in [5.41, 5.74) is 1.49. The first-order valence-electron chi connectivity index (χ1n) is 8.79. The van der Waals surface area contributed by atoms with E-state index in [2.05, 4.69) is 10.6 Å². The Balaban J connectivity index is 1.83. The third-order valence-corrected chi connectivity index (χ3v) is 3.47. The second-order valence-electron chi connectivity index (χ2n) is 5.40. The summed E-state index contributed by atoms with van der Waals surface area (Å²) in [7, 11) is 0. The Morgan fingerprint density at radius 1 is 0.923 bits per heavy atom. The average molecular weight is 358 g/mol. The summed E-state index contributed by atoms with van der Waals surface area (Å²) in [6.07, 6.45) is 0. The van der Waals surface area contributed by atoms with Gasteiger partial charge in [0.25, 0.3) is 0 Å². The summed E-state index contributed by atoms with van der Waals surface area (Å²) in [4.78, 5) is 12.2. The number of carbonyl (C=O) groups is 1. The van der Waals surface area contributed by atoms with Crippen molar-refractivity contribution in [3.8, 4) is 11.5 Å². The Labute approximate surface area is 154 Å². The summed E-state index contributed by atoms with van der Waals surface area (Å²) in [5.74, 6) is 1.28. The molecule has 2 aromatic rings. The van der Waals surface area contributed by atoms with Crippen LogP contribution >= 0.6 is 0 Å². The van der Waals surface area contributed by atoms with Crippen molar-refractivity contribution in [2.75, 3.05) is 43.6 Å². The fourth-order valence-corrected chi connectivity index (χ4v) is 2.26. The first-order chi connectivity index (χ1) is 12.7. The van der Waals surface area contributed by atoms with Crippen LogP contribution in [-0.4, -0.2) is 38.9 Å². The standard InChI is InChI=1S/C20H26N2O4/c1-3-24-13-14-26-19-8-6-5-7-18(19)22-20(23)15-21-16-9-11-17(12-10-16)25-4-2/h5-12,21H,3-4,13-15H2,1-2H3,(H,22,23). The minimum atomic E-state index is -0.153. The van der Waals surface area contributed by atoms with Gasteiger partial charge >= 0.3 is 0 Å². The lowest BCUT2D eigenvalue weighted by atomic mass is 10.3. The third kappa shape index (κ3) is 6.64. The van der Waals surface area contributed by atoms with Crippen LogP contribution in [0.5, 0.6) is 11.5 Å². The van der Waals surface area contributed by atoms with Gasteiger partial charge in [0.15, 0.2) is 0 Å². The Hall–Kier alpha value is -2.73. The van der Waals surface area contributed by atoms with E-state index >= 15 is 0 Å². The molecule has 0 unspecified atom stereocenters. The molecular weight excluding hydrogens is 332 g/mol. The van der Waals surface area contributed by atoms with Crippen molar-refractivity contribution in [1.82, 2.24) is 0 Å². The molecule has 0 aromatic heterocycles. The predicted molar refractivity (Wildman–Crippen MR) is 103 cm³/mol. The van der Waals surface area contributed by atoms with E-state index in [0.29, 0.717) is 37.9 Å². The summed E-state index contributed by atoms with van der Waals surface area (Å²) >= 11 is 0. The van der Waals surface area contributed by atoms with Gasteiger partial charge in [-0.25, -0.2) is 0 Å². The number of amides is 1. The summed E-state index contributed by atoms with van der Waals surface area (Å²) in [6, 6.07) is 14.8. The lowest BCUT2D eigenvalue weighted by Crippen LogP contribution is -2.22. The predicted octanol–water partition coefficient (Wildman–Crippen LogP) is 3.55. The molecule has 1 amide bonds. The molecule has 0 aliphatic rings. The molecule has 6 nitrogen and oxygen atoms in total. The number of anilines is 2. The highest BCUT2D eigenvalue weighted by molar-refractivity contribution is 5.95. The highest BCUT2D eigenvalue weighted by Crippen LogP contribution is 2.23. The first-order valence-corrected chi connectivity index (χ1v) is 8.79. The summed E-state index contributed by atoms with van der Waals surface area (Å²) < 4.78 is 16.3. The van der Waals surface area contributed by atoms with Crippen molar-refractivity contribution in [2.45, 2.75) is 13.8 Å². The lowest BCUT2D eigenvalue weighted by molar-refractivity contribution is -0.114. The van der Waals surface area contributed by atoms with Gasteiger partial charge in [0.1, 0.15) is 18.1 Å². The largest absolute Gasteiger partial charge is 0.494 e. The minimum Gasteiger partial charge on any atom is -0.494 e. The zero-order chi connectivity index (χ0) is 18.6. The van der Waals surface area contributed by atoms with Crippen LogP contribution in [-0.2, 0) is 9.53 Å². The molecule has 0 spiro atoms. The van der Waals surface area contributed by atoms with Crippen molar-refractivity contribution >= 4 is 17.3 Å². The van der Waals surface area contributed by atoms with Crippen molar-refractivity contribution < 1.29 is 19.0 Å². The van der Waals surface area contributed by atoms with E-state index in [4.69, 9.17) is 14.2 Å². The van der Waals surface area contributed by atoms with Crippen LogP contribution in [0.4, 0.5) is 11.4 Å². The van der Waals surface area contributed by atoms with E-state index < -0.39 is 0 Å². The fraction of sp³-hybridized carbons (Fsp3) is 0.350. The van der Waals surface area contributed by atoms with Gasteiger partial charge in [-0.15, -0.1) is 0 Å². The Kier molecular flexibility index (Phi) is 8.29. The topological polar surface area (TPSA) is 68.8 Å². The number of hydrogen-bond donors (Lipinski definition) is 2. The normalized spacial score (nSPS) is 10.2. The number of rotatable bonds is 11. The second-order valence-corrected chi connectivity index (χ2v) is 5.40. The van der Waals surface area contributed by atoms with E-state index in [0.717, 1.165) is 11.4 Å². The maximum Gasteiger partial charge on any atom is 0.243 e. The molecule has 0 saturated heterocycles. The Morgan fingerprint density at radius 3 is 2.42 bits per heavy atom. The monoisotopic (exact) mass is 358 g/mol. The molecule has 2 N–H and O–H groups in total. The van der Waals surface area contributed by atoms with Gasteiger partial charge in [-0.3, -0.25) is 4.79 Å². The molecule has 0 radical (unpaired) electrons. The van der Waals surface area contributed by atoms with Crippen molar-refractivity contribution in [3.05, 3.63) is 48.5 Å². The number of ether oxygens (including phenoxy) is 3.